The van der Waals surface area contributed by atoms with Crippen molar-refractivity contribution in [3.05, 3.63) is 0 Å². The lowest BCUT2D eigenvalue weighted by atomic mass is 10.1. The van der Waals surface area contributed by atoms with E-state index < -0.39 is 10.0 Å². The topological polar surface area (TPSA) is 49.4 Å². The Bertz CT molecular complexity index is 249. The molecule has 0 bridgehead atoms. The average Bonchev–Trinajstić information content (AvgIpc) is 2.04. The van der Waals surface area contributed by atoms with E-state index in [4.69, 9.17) is 0 Å². The Morgan fingerprint density at radius 2 is 2.23 bits per heavy atom. The van der Waals surface area contributed by atoms with E-state index in [-0.39, 0.29) is 0 Å². The molecule has 0 aromatic rings. The highest BCUT2D eigenvalue weighted by Gasteiger charge is 2.24. The maximum Gasteiger partial charge on any atom is 0.211 e. The lowest BCUT2D eigenvalue weighted by molar-refractivity contribution is 0.288. The maximum atomic E-state index is 11.2. The predicted octanol–water partition coefficient (Wildman–Crippen LogP) is 0.0199. The van der Waals surface area contributed by atoms with Gasteiger partial charge in [-0.3, -0.25) is 0 Å². The summed E-state index contributed by atoms with van der Waals surface area (Å²) in [4.78, 5) is 0. The van der Waals surface area contributed by atoms with Gasteiger partial charge in [-0.2, -0.15) is 0 Å². The standard InChI is InChI=1S/C8H18N2O2S/c1-3-9-8-5-4-6-10(7-8)13(2,11)12/h8-9H,3-7H2,1-2H3/t8-/m0/s1. The van der Waals surface area contributed by atoms with Crippen molar-refractivity contribution in [1.82, 2.24) is 9.62 Å². The molecule has 1 aliphatic heterocycles. The molecule has 78 valence electrons. The summed E-state index contributed by atoms with van der Waals surface area (Å²) in [5.74, 6) is 0. The normalized spacial score (nSPS) is 26.2. The van der Waals surface area contributed by atoms with Gasteiger partial charge in [-0.05, 0) is 19.4 Å². The van der Waals surface area contributed by atoms with Gasteiger partial charge in [0.1, 0.15) is 0 Å². The molecule has 1 N–H and O–H groups in total. The Morgan fingerprint density at radius 1 is 1.54 bits per heavy atom. The van der Waals surface area contributed by atoms with Crippen molar-refractivity contribution in [3.63, 3.8) is 0 Å². The lowest BCUT2D eigenvalue weighted by Crippen LogP contribution is -2.47. The first kappa shape index (κ1) is 10.9. The summed E-state index contributed by atoms with van der Waals surface area (Å²) in [5, 5.41) is 3.28. The minimum atomic E-state index is -2.98. The number of piperidine rings is 1. The fourth-order valence-electron chi connectivity index (χ4n) is 1.70. The quantitative estimate of drug-likeness (QED) is 0.708. The van der Waals surface area contributed by atoms with Gasteiger partial charge >= 0.3 is 0 Å². The van der Waals surface area contributed by atoms with Crippen LogP contribution in [0.3, 0.4) is 0 Å². The molecule has 0 radical (unpaired) electrons. The van der Waals surface area contributed by atoms with E-state index in [0.29, 0.717) is 19.1 Å². The molecule has 5 heteroatoms. The summed E-state index contributed by atoms with van der Waals surface area (Å²) in [6.07, 6.45) is 3.33. The minimum Gasteiger partial charge on any atom is -0.313 e. The third-order valence-electron chi connectivity index (χ3n) is 2.35. The van der Waals surface area contributed by atoms with E-state index in [1.54, 1.807) is 4.31 Å². The van der Waals surface area contributed by atoms with Gasteiger partial charge < -0.3 is 5.32 Å². The number of rotatable bonds is 3. The minimum absolute atomic E-state index is 0.341. The Labute approximate surface area is 80.4 Å². The zero-order valence-electron chi connectivity index (χ0n) is 8.28. The van der Waals surface area contributed by atoms with Gasteiger partial charge in [0.15, 0.2) is 0 Å². The summed E-state index contributed by atoms with van der Waals surface area (Å²) in [6.45, 7) is 4.26. The van der Waals surface area contributed by atoms with Crippen molar-refractivity contribution in [3.8, 4) is 0 Å². The molecule has 1 heterocycles. The monoisotopic (exact) mass is 206 g/mol. The first-order valence-corrected chi connectivity index (χ1v) is 6.57. The van der Waals surface area contributed by atoms with Crippen LogP contribution in [0.25, 0.3) is 0 Å². The third-order valence-corrected chi connectivity index (χ3v) is 3.62. The van der Waals surface area contributed by atoms with Crippen molar-refractivity contribution in [2.45, 2.75) is 25.8 Å². The Hall–Kier alpha value is -0.130. The van der Waals surface area contributed by atoms with Crippen LogP contribution in [0.15, 0.2) is 0 Å². The Kier molecular flexibility index (Phi) is 3.70. The van der Waals surface area contributed by atoms with Crippen LogP contribution in [0, 0.1) is 0 Å². The number of likely N-dealkylation sites (N-methyl/N-ethyl adjacent to an activating group) is 1. The van der Waals surface area contributed by atoms with E-state index in [1.165, 1.54) is 6.26 Å². The first-order chi connectivity index (χ1) is 6.04. The zero-order chi connectivity index (χ0) is 9.90. The van der Waals surface area contributed by atoms with Gasteiger partial charge in [0.05, 0.1) is 6.26 Å². The molecule has 1 saturated heterocycles. The summed E-state index contributed by atoms with van der Waals surface area (Å²) < 4.78 is 24.0. The number of hydrogen-bond donors (Lipinski definition) is 1. The zero-order valence-corrected chi connectivity index (χ0v) is 9.10. The van der Waals surface area contributed by atoms with Gasteiger partial charge in [0.25, 0.3) is 0 Å². The first-order valence-electron chi connectivity index (χ1n) is 4.72. The molecule has 1 atom stereocenters. The Balaban J connectivity index is 2.52. The number of nitrogens with one attached hydrogen (secondary N) is 1. The summed E-state index contributed by atoms with van der Waals surface area (Å²) in [7, 11) is -2.98. The molecule has 1 fully saturated rings. The molecule has 0 unspecified atom stereocenters. The van der Waals surface area contributed by atoms with Crippen LogP contribution in [0.4, 0.5) is 0 Å². The molecule has 4 nitrogen and oxygen atoms in total. The molecule has 1 rings (SSSR count). The molecule has 0 amide bonds. The molecule has 1 aliphatic rings. The molecular formula is C8H18N2O2S. The molecule has 0 aliphatic carbocycles. The largest absolute Gasteiger partial charge is 0.313 e. The number of hydrogen-bond acceptors (Lipinski definition) is 3. The Morgan fingerprint density at radius 3 is 2.77 bits per heavy atom. The molecule has 0 aromatic carbocycles. The molecule has 13 heavy (non-hydrogen) atoms. The van der Waals surface area contributed by atoms with Gasteiger partial charge in [0, 0.05) is 19.1 Å². The maximum absolute atomic E-state index is 11.2. The second-order valence-corrected chi connectivity index (χ2v) is 5.50. The second kappa shape index (κ2) is 4.39. The van der Waals surface area contributed by atoms with Crippen molar-refractivity contribution < 1.29 is 8.42 Å². The lowest BCUT2D eigenvalue weighted by Gasteiger charge is -2.31. The van der Waals surface area contributed by atoms with E-state index in [9.17, 15) is 8.42 Å². The van der Waals surface area contributed by atoms with E-state index >= 15 is 0 Å². The van der Waals surface area contributed by atoms with Crippen LogP contribution in [0.1, 0.15) is 19.8 Å². The molecule has 0 saturated carbocycles. The fourth-order valence-corrected chi connectivity index (χ4v) is 2.61. The van der Waals surface area contributed by atoms with Crippen molar-refractivity contribution in [2.75, 3.05) is 25.9 Å². The van der Waals surface area contributed by atoms with Crippen molar-refractivity contribution in [2.24, 2.45) is 0 Å². The highest BCUT2D eigenvalue weighted by atomic mass is 32.2. The van der Waals surface area contributed by atoms with Gasteiger partial charge in [-0.25, -0.2) is 12.7 Å². The molecular weight excluding hydrogens is 188 g/mol. The highest BCUT2D eigenvalue weighted by molar-refractivity contribution is 7.88. The predicted molar refractivity (Wildman–Crippen MR) is 53.1 cm³/mol. The summed E-state index contributed by atoms with van der Waals surface area (Å²) in [6, 6.07) is 0.341. The van der Waals surface area contributed by atoms with Crippen molar-refractivity contribution in [1.29, 1.82) is 0 Å². The van der Waals surface area contributed by atoms with Crippen LogP contribution in [-0.2, 0) is 10.0 Å². The second-order valence-electron chi connectivity index (χ2n) is 3.52. The van der Waals surface area contributed by atoms with E-state index in [2.05, 4.69) is 5.32 Å². The number of nitrogens with zero attached hydrogens (tertiary/aromatic N) is 1. The summed E-state index contributed by atoms with van der Waals surface area (Å²) in [5.41, 5.74) is 0. The van der Waals surface area contributed by atoms with Crippen LogP contribution >= 0.6 is 0 Å². The van der Waals surface area contributed by atoms with Crippen LogP contribution in [0.5, 0.6) is 0 Å². The summed E-state index contributed by atoms with van der Waals surface area (Å²) >= 11 is 0. The molecule has 0 spiro atoms. The van der Waals surface area contributed by atoms with E-state index in [0.717, 1.165) is 19.4 Å². The highest BCUT2D eigenvalue weighted by Crippen LogP contribution is 2.12. The third kappa shape index (κ3) is 3.25. The van der Waals surface area contributed by atoms with Gasteiger partial charge in [-0.1, -0.05) is 6.92 Å². The number of sulfonamides is 1. The van der Waals surface area contributed by atoms with E-state index in [1.807, 2.05) is 6.92 Å². The van der Waals surface area contributed by atoms with Crippen LogP contribution in [0.2, 0.25) is 0 Å². The SMILES string of the molecule is CCN[C@H]1CCCN(S(C)(=O)=O)C1. The van der Waals surface area contributed by atoms with Crippen LogP contribution in [-0.4, -0.2) is 44.7 Å². The van der Waals surface area contributed by atoms with Crippen LogP contribution < -0.4 is 5.32 Å². The smallest absolute Gasteiger partial charge is 0.211 e. The van der Waals surface area contributed by atoms with Gasteiger partial charge in [-0.15, -0.1) is 0 Å². The fraction of sp³-hybridized carbons (Fsp3) is 1.00. The van der Waals surface area contributed by atoms with Gasteiger partial charge in [0.2, 0.25) is 10.0 Å². The molecule has 0 aromatic heterocycles. The van der Waals surface area contributed by atoms with Crippen molar-refractivity contribution >= 4 is 10.0 Å². The average molecular weight is 206 g/mol.